The number of hydrogen-bond acceptors (Lipinski definition) is 16. The Labute approximate surface area is 287 Å². The number of rotatable bonds is 4. The molecule has 1 fully saturated rings. The molecule has 1 saturated heterocycles. The molecular formula is C35H32O16. The molecule has 4 heterocycles. The fraction of sp³-hybridized carbons (Fsp3) is 0.314. The number of fused-ring (bicyclic) bond motifs is 8. The lowest BCUT2D eigenvalue weighted by atomic mass is 9.74. The molecule has 0 aliphatic carbocycles. The van der Waals surface area contributed by atoms with E-state index in [0.29, 0.717) is 0 Å². The molecule has 4 aromatic carbocycles. The van der Waals surface area contributed by atoms with Crippen LogP contribution < -0.4 is 14.2 Å². The van der Waals surface area contributed by atoms with E-state index in [1.165, 1.54) is 36.4 Å². The van der Waals surface area contributed by atoms with Crippen LogP contribution in [0.15, 0.2) is 54.6 Å². The molecule has 9 atom stereocenters. The number of aliphatic hydroxyl groups excluding tert-OH is 4. The van der Waals surface area contributed by atoms with Crippen LogP contribution in [0.3, 0.4) is 0 Å². The van der Waals surface area contributed by atoms with Crippen molar-refractivity contribution in [3.05, 3.63) is 82.4 Å². The highest BCUT2D eigenvalue weighted by Crippen LogP contribution is 2.63. The van der Waals surface area contributed by atoms with Crippen molar-refractivity contribution in [3.8, 4) is 57.5 Å². The minimum absolute atomic E-state index is 0.00353. The first-order valence-corrected chi connectivity index (χ1v) is 15.8. The van der Waals surface area contributed by atoms with E-state index in [-0.39, 0.29) is 57.2 Å². The summed E-state index contributed by atoms with van der Waals surface area (Å²) in [5.74, 6) is -7.00. The molecule has 16 heteroatoms. The molecule has 8 rings (SSSR count). The normalized spacial score (nSPS) is 30.5. The monoisotopic (exact) mass is 708 g/mol. The minimum atomic E-state index is -2.23. The summed E-state index contributed by atoms with van der Waals surface area (Å²) in [5, 5.41) is 117. The van der Waals surface area contributed by atoms with E-state index < -0.39 is 95.7 Å². The van der Waals surface area contributed by atoms with Crippen LogP contribution >= 0.6 is 0 Å². The number of hydrogen-bond donors (Lipinski definition) is 11. The largest absolute Gasteiger partial charge is 0.508 e. The number of benzene rings is 4. The Morgan fingerprint density at radius 2 is 1.33 bits per heavy atom. The van der Waals surface area contributed by atoms with Crippen molar-refractivity contribution in [2.24, 2.45) is 0 Å². The first-order valence-electron chi connectivity index (χ1n) is 15.8. The van der Waals surface area contributed by atoms with Crippen molar-refractivity contribution in [2.45, 2.75) is 61.0 Å². The number of ether oxygens (including phenoxy) is 5. The van der Waals surface area contributed by atoms with Crippen molar-refractivity contribution >= 4 is 0 Å². The SMILES string of the molecule is Oc1cc(O)c2c(c1)O[C@]1(c3ccc(O)c(O)c3)Oc3cc(O)c4c(c3[C@H]2[C@@H]1O[C@@H]1OC[C@@H](O)[C@H](O)[C@H]1O)O[C@H](c1ccc(O)c(O)c1)[C@H](O)C4. The molecule has 4 aliphatic heterocycles. The van der Waals surface area contributed by atoms with Crippen LogP contribution in [0.1, 0.15) is 39.8 Å². The highest BCUT2D eigenvalue weighted by atomic mass is 16.8. The molecule has 0 unspecified atom stereocenters. The minimum Gasteiger partial charge on any atom is -0.508 e. The van der Waals surface area contributed by atoms with Gasteiger partial charge in [-0.3, -0.25) is 0 Å². The molecule has 0 aromatic heterocycles. The van der Waals surface area contributed by atoms with Crippen molar-refractivity contribution in [3.63, 3.8) is 0 Å². The van der Waals surface area contributed by atoms with Crippen molar-refractivity contribution in [1.29, 1.82) is 0 Å². The smallest absolute Gasteiger partial charge is 0.305 e. The summed E-state index contributed by atoms with van der Waals surface area (Å²) in [6.45, 7) is -0.452. The first-order chi connectivity index (χ1) is 24.3. The Bertz CT molecular complexity index is 2050. The second kappa shape index (κ2) is 11.6. The van der Waals surface area contributed by atoms with Crippen LogP contribution in [0, 0.1) is 0 Å². The third kappa shape index (κ3) is 4.98. The lowest BCUT2D eigenvalue weighted by molar-refractivity contribution is -0.327. The zero-order valence-electron chi connectivity index (χ0n) is 26.2. The number of phenolic OH excluding ortho intramolecular Hbond substituents is 7. The van der Waals surface area contributed by atoms with Gasteiger partial charge in [0.05, 0.1) is 18.6 Å². The van der Waals surface area contributed by atoms with Gasteiger partial charge in [0.2, 0.25) is 0 Å². The highest BCUT2D eigenvalue weighted by Gasteiger charge is 2.62. The van der Waals surface area contributed by atoms with Gasteiger partial charge in [0.15, 0.2) is 35.4 Å². The highest BCUT2D eigenvalue weighted by molar-refractivity contribution is 5.68. The summed E-state index contributed by atoms with van der Waals surface area (Å²) >= 11 is 0. The molecule has 0 radical (unpaired) electrons. The predicted octanol–water partition coefficient (Wildman–Crippen LogP) is 1.26. The lowest BCUT2D eigenvalue weighted by Crippen LogP contribution is -2.62. The number of aliphatic hydroxyl groups is 4. The van der Waals surface area contributed by atoms with Crippen molar-refractivity contribution in [1.82, 2.24) is 0 Å². The van der Waals surface area contributed by atoms with Gasteiger partial charge in [0.1, 0.15) is 58.9 Å². The Kier molecular flexibility index (Phi) is 7.46. The predicted molar refractivity (Wildman–Crippen MR) is 168 cm³/mol. The Balaban J connectivity index is 1.38. The van der Waals surface area contributed by atoms with E-state index in [0.717, 1.165) is 18.2 Å². The fourth-order valence-electron chi connectivity index (χ4n) is 7.28. The Morgan fingerprint density at radius 3 is 2.04 bits per heavy atom. The van der Waals surface area contributed by atoms with Gasteiger partial charge in [0, 0.05) is 46.9 Å². The van der Waals surface area contributed by atoms with Gasteiger partial charge in [-0.1, -0.05) is 6.07 Å². The van der Waals surface area contributed by atoms with Gasteiger partial charge in [-0.25, -0.2) is 0 Å². The lowest BCUT2D eigenvalue weighted by Gasteiger charge is -2.53. The first kappa shape index (κ1) is 32.8. The molecular weight excluding hydrogens is 676 g/mol. The third-order valence-corrected chi connectivity index (χ3v) is 9.74. The van der Waals surface area contributed by atoms with Crippen LogP contribution in [0.4, 0.5) is 0 Å². The summed E-state index contributed by atoms with van der Waals surface area (Å²) in [4.78, 5) is 0. The van der Waals surface area contributed by atoms with Gasteiger partial charge in [0.25, 0.3) is 0 Å². The average Bonchev–Trinajstić information content (AvgIpc) is 3.07. The summed E-state index contributed by atoms with van der Waals surface area (Å²) < 4.78 is 31.4. The van der Waals surface area contributed by atoms with Gasteiger partial charge in [-0.05, 0) is 35.9 Å². The van der Waals surface area contributed by atoms with E-state index in [9.17, 15) is 56.2 Å². The molecule has 0 amide bonds. The maximum atomic E-state index is 11.4. The third-order valence-electron chi connectivity index (χ3n) is 9.74. The molecule has 2 bridgehead atoms. The quantitative estimate of drug-likeness (QED) is 0.133. The van der Waals surface area contributed by atoms with Crippen LogP contribution in [0.5, 0.6) is 57.5 Å². The number of aromatic hydroxyl groups is 7. The molecule has 51 heavy (non-hydrogen) atoms. The van der Waals surface area contributed by atoms with E-state index in [4.69, 9.17) is 23.7 Å². The van der Waals surface area contributed by atoms with Crippen molar-refractivity contribution < 1.29 is 79.9 Å². The molecule has 16 nitrogen and oxygen atoms in total. The maximum absolute atomic E-state index is 11.4. The molecule has 4 aliphatic rings. The molecule has 4 aromatic rings. The van der Waals surface area contributed by atoms with Gasteiger partial charge in [-0.2, -0.15) is 0 Å². The van der Waals surface area contributed by atoms with Gasteiger partial charge in [-0.15, -0.1) is 0 Å². The van der Waals surface area contributed by atoms with Crippen LogP contribution in [0.25, 0.3) is 0 Å². The molecule has 11 N–H and O–H groups in total. The van der Waals surface area contributed by atoms with E-state index in [1.807, 2.05) is 0 Å². The Hall–Kier alpha value is -5.36. The molecule has 0 spiro atoms. The van der Waals surface area contributed by atoms with Gasteiger partial charge < -0.3 is 79.9 Å². The summed E-state index contributed by atoms with van der Waals surface area (Å²) in [6, 6.07) is 10.9. The van der Waals surface area contributed by atoms with Crippen LogP contribution in [-0.4, -0.2) is 99.6 Å². The summed E-state index contributed by atoms with van der Waals surface area (Å²) in [5.41, 5.74) is 0.515. The van der Waals surface area contributed by atoms with Crippen LogP contribution in [0.2, 0.25) is 0 Å². The second-order valence-corrected chi connectivity index (χ2v) is 12.9. The topological polar surface area (TPSA) is 269 Å². The molecule has 0 saturated carbocycles. The van der Waals surface area contributed by atoms with E-state index >= 15 is 0 Å². The van der Waals surface area contributed by atoms with Crippen LogP contribution in [-0.2, 0) is 21.7 Å². The van der Waals surface area contributed by atoms with Gasteiger partial charge >= 0.3 is 5.79 Å². The zero-order chi connectivity index (χ0) is 36.1. The second-order valence-electron chi connectivity index (χ2n) is 12.9. The van der Waals surface area contributed by atoms with E-state index in [1.54, 1.807) is 0 Å². The molecule has 268 valence electrons. The van der Waals surface area contributed by atoms with E-state index in [2.05, 4.69) is 0 Å². The zero-order valence-corrected chi connectivity index (χ0v) is 26.2. The number of phenols is 7. The van der Waals surface area contributed by atoms with Crippen molar-refractivity contribution in [2.75, 3.05) is 6.61 Å². The fourth-order valence-corrected chi connectivity index (χ4v) is 7.28. The Morgan fingerprint density at radius 1 is 0.647 bits per heavy atom. The average molecular weight is 709 g/mol. The summed E-state index contributed by atoms with van der Waals surface area (Å²) in [6.07, 6.45) is -10.8. The summed E-state index contributed by atoms with van der Waals surface area (Å²) in [7, 11) is 0. The standard InChI is InChI=1S/C35H32O16/c36-14-7-21(42)26-24(8-14)50-35(13-2-4-17(38)20(41)6-13)33(49-34-30(46)29(45)23(44)11-47-34)28(26)27-25(51-35)10-18(39)15-9-22(43)31(48-32(15)27)12-1-3-16(37)19(40)5-12/h1-8,10,22-23,28-31,33-34,36-46H,9,11H2/t22-,23-,28+,29+,30-,31-,33+,34+,35-/m1/s1. The maximum Gasteiger partial charge on any atom is 0.305 e.